The van der Waals surface area contributed by atoms with E-state index in [2.05, 4.69) is 10.6 Å². The molecule has 3 amide bonds. The predicted molar refractivity (Wildman–Crippen MR) is 103 cm³/mol. The molecule has 1 aliphatic rings. The lowest BCUT2D eigenvalue weighted by Gasteiger charge is -2.16. The molecule has 1 fully saturated rings. The van der Waals surface area contributed by atoms with Crippen LogP contribution in [0.5, 0.6) is 0 Å². The molecule has 1 saturated heterocycles. The third-order valence-electron chi connectivity index (χ3n) is 4.67. The first-order valence-corrected chi connectivity index (χ1v) is 9.17. The van der Waals surface area contributed by atoms with E-state index >= 15 is 0 Å². The summed E-state index contributed by atoms with van der Waals surface area (Å²) >= 11 is 0. The van der Waals surface area contributed by atoms with Gasteiger partial charge in [-0.05, 0) is 55.3 Å². The molecule has 2 aromatic carbocycles. The molecule has 0 unspecified atom stereocenters. The molecule has 0 radical (unpaired) electrons. The topological polar surface area (TPSA) is 78.5 Å². The fraction of sp³-hybridized carbons (Fsp3) is 0.286. The van der Waals surface area contributed by atoms with Crippen LogP contribution in [0.3, 0.4) is 0 Å². The van der Waals surface area contributed by atoms with Crippen LogP contribution in [0.15, 0.2) is 48.5 Å². The standard InChI is InChI=1S/C21H22FN3O3/c1-14(15-4-8-17(22)9-5-15)24-19(26)13-23-21(28)16-6-10-18(11-7-16)25-12-2-3-20(25)27/h4-11,14H,2-3,12-13H2,1H3,(H,23,28)(H,24,26)/t14-/m0/s1. The van der Waals surface area contributed by atoms with E-state index in [1.54, 1.807) is 48.2 Å². The zero-order valence-electron chi connectivity index (χ0n) is 15.6. The second kappa shape index (κ2) is 8.65. The third kappa shape index (κ3) is 4.73. The van der Waals surface area contributed by atoms with Crippen molar-refractivity contribution < 1.29 is 18.8 Å². The van der Waals surface area contributed by atoms with Crippen molar-refractivity contribution in [2.45, 2.75) is 25.8 Å². The number of carbonyl (C=O) groups excluding carboxylic acids is 3. The van der Waals surface area contributed by atoms with Crippen molar-refractivity contribution in [1.29, 1.82) is 0 Å². The van der Waals surface area contributed by atoms with Crippen molar-refractivity contribution >= 4 is 23.4 Å². The molecule has 7 heteroatoms. The number of hydrogen-bond acceptors (Lipinski definition) is 3. The Morgan fingerprint density at radius 3 is 2.39 bits per heavy atom. The minimum absolute atomic E-state index is 0.0872. The molecular formula is C21H22FN3O3. The lowest BCUT2D eigenvalue weighted by molar-refractivity contribution is -0.120. The number of amides is 3. The maximum atomic E-state index is 13.0. The number of rotatable bonds is 6. The molecule has 0 aliphatic carbocycles. The van der Waals surface area contributed by atoms with Crippen LogP contribution in [0, 0.1) is 5.82 Å². The largest absolute Gasteiger partial charge is 0.348 e. The van der Waals surface area contributed by atoms with Crippen molar-refractivity contribution in [2.24, 2.45) is 0 Å². The number of hydrogen-bond donors (Lipinski definition) is 2. The highest BCUT2D eigenvalue weighted by molar-refractivity contribution is 5.98. The summed E-state index contributed by atoms with van der Waals surface area (Å²) in [6.07, 6.45) is 1.39. The van der Waals surface area contributed by atoms with Crippen molar-refractivity contribution in [3.63, 3.8) is 0 Å². The van der Waals surface area contributed by atoms with Gasteiger partial charge in [0.2, 0.25) is 11.8 Å². The van der Waals surface area contributed by atoms with Crippen LogP contribution in [0.25, 0.3) is 0 Å². The van der Waals surface area contributed by atoms with Gasteiger partial charge < -0.3 is 15.5 Å². The smallest absolute Gasteiger partial charge is 0.251 e. The van der Waals surface area contributed by atoms with Gasteiger partial charge in [0.05, 0.1) is 12.6 Å². The van der Waals surface area contributed by atoms with Crippen molar-refractivity contribution in [3.05, 3.63) is 65.5 Å². The first-order chi connectivity index (χ1) is 13.4. The Balaban J connectivity index is 1.49. The zero-order chi connectivity index (χ0) is 20.1. The second-order valence-corrected chi connectivity index (χ2v) is 6.72. The summed E-state index contributed by atoms with van der Waals surface area (Å²) in [5, 5.41) is 5.32. The van der Waals surface area contributed by atoms with E-state index in [4.69, 9.17) is 0 Å². The highest BCUT2D eigenvalue weighted by Gasteiger charge is 2.21. The summed E-state index contributed by atoms with van der Waals surface area (Å²) in [5.74, 6) is -0.966. The lowest BCUT2D eigenvalue weighted by atomic mass is 10.1. The van der Waals surface area contributed by atoms with Crippen molar-refractivity contribution in [3.8, 4) is 0 Å². The minimum Gasteiger partial charge on any atom is -0.348 e. The van der Waals surface area contributed by atoms with Crippen molar-refractivity contribution in [2.75, 3.05) is 18.0 Å². The Labute approximate surface area is 162 Å². The average Bonchev–Trinajstić information content (AvgIpc) is 3.12. The highest BCUT2D eigenvalue weighted by atomic mass is 19.1. The molecule has 146 valence electrons. The molecule has 1 heterocycles. The second-order valence-electron chi connectivity index (χ2n) is 6.72. The predicted octanol–water partition coefficient (Wildman–Crippen LogP) is 2.56. The van der Waals surface area contributed by atoms with Gasteiger partial charge in [-0.15, -0.1) is 0 Å². The monoisotopic (exact) mass is 383 g/mol. The van der Waals surface area contributed by atoms with Crippen LogP contribution >= 0.6 is 0 Å². The highest BCUT2D eigenvalue weighted by Crippen LogP contribution is 2.21. The molecule has 2 N–H and O–H groups in total. The van der Waals surface area contributed by atoms with Gasteiger partial charge in [0.25, 0.3) is 5.91 Å². The Morgan fingerprint density at radius 2 is 1.79 bits per heavy atom. The number of nitrogens with one attached hydrogen (secondary N) is 2. The molecule has 0 bridgehead atoms. The molecule has 28 heavy (non-hydrogen) atoms. The van der Waals surface area contributed by atoms with Crippen LogP contribution in [0.4, 0.5) is 10.1 Å². The first kappa shape index (κ1) is 19.5. The van der Waals surface area contributed by atoms with E-state index in [1.165, 1.54) is 12.1 Å². The number of benzene rings is 2. The number of halogens is 1. The molecular weight excluding hydrogens is 361 g/mol. The fourth-order valence-electron chi connectivity index (χ4n) is 3.10. The maximum Gasteiger partial charge on any atom is 0.251 e. The normalized spacial score (nSPS) is 14.6. The molecule has 0 spiro atoms. The summed E-state index contributed by atoms with van der Waals surface area (Å²) in [4.78, 5) is 37.7. The molecule has 6 nitrogen and oxygen atoms in total. The summed E-state index contributed by atoms with van der Waals surface area (Å²) in [7, 11) is 0. The fourth-order valence-corrected chi connectivity index (χ4v) is 3.10. The van der Waals surface area contributed by atoms with E-state index in [0.29, 0.717) is 18.5 Å². The van der Waals surface area contributed by atoms with Crippen LogP contribution in [0.2, 0.25) is 0 Å². The van der Waals surface area contributed by atoms with Gasteiger partial charge in [-0.2, -0.15) is 0 Å². The Hall–Kier alpha value is -3.22. The summed E-state index contributed by atoms with van der Waals surface area (Å²) in [5.41, 5.74) is 1.95. The van der Waals surface area contributed by atoms with E-state index in [9.17, 15) is 18.8 Å². The average molecular weight is 383 g/mol. The minimum atomic E-state index is -0.371. The van der Waals surface area contributed by atoms with Gasteiger partial charge >= 0.3 is 0 Å². The van der Waals surface area contributed by atoms with Gasteiger partial charge in [0.1, 0.15) is 5.82 Å². The molecule has 3 rings (SSSR count). The number of carbonyl (C=O) groups is 3. The maximum absolute atomic E-state index is 13.0. The van der Waals surface area contributed by atoms with E-state index in [0.717, 1.165) is 17.7 Å². The van der Waals surface area contributed by atoms with E-state index < -0.39 is 0 Å². The zero-order valence-corrected chi connectivity index (χ0v) is 15.6. The van der Waals surface area contributed by atoms with E-state index in [-0.39, 0.29) is 36.1 Å². The summed E-state index contributed by atoms with van der Waals surface area (Å²) in [6, 6.07) is 12.3. The van der Waals surface area contributed by atoms with Gasteiger partial charge in [-0.3, -0.25) is 14.4 Å². The van der Waals surface area contributed by atoms with Gasteiger partial charge in [0, 0.05) is 24.2 Å². The van der Waals surface area contributed by atoms with Crippen LogP contribution in [-0.2, 0) is 9.59 Å². The number of anilines is 1. The van der Waals surface area contributed by atoms with Gasteiger partial charge in [-0.25, -0.2) is 4.39 Å². The first-order valence-electron chi connectivity index (χ1n) is 9.17. The van der Waals surface area contributed by atoms with Crippen LogP contribution < -0.4 is 15.5 Å². The summed E-state index contributed by atoms with van der Waals surface area (Å²) in [6.45, 7) is 2.30. The van der Waals surface area contributed by atoms with Gasteiger partial charge in [0.15, 0.2) is 0 Å². The molecule has 2 aromatic rings. The van der Waals surface area contributed by atoms with Crippen LogP contribution in [-0.4, -0.2) is 30.8 Å². The van der Waals surface area contributed by atoms with E-state index in [1.807, 2.05) is 0 Å². The Bertz CT molecular complexity index is 865. The molecule has 1 aliphatic heterocycles. The third-order valence-corrected chi connectivity index (χ3v) is 4.67. The molecule has 1 atom stereocenters. The Kier molecular flexibility index (Phi) is 6.03. The van der Waals surface area contributed by atoms with Gasteiger partial charge in [-0.1, -0.05) is 12.1 Å². The quantitative estimate of drug-likeness (QED) is 0.805. The lowest BCUT2D eigenvalue weighted by Crippen LogP contribution is -2.38. The molecule has 0 aromatic heterocycles. The molecule has 0 saturated carbocycles. The SMILES string of the molecule is C[C@H](NC(=O)CNC(=O)c1ccc(N2CCCC2=O)cc1)c1ccc(F)cc1. The van der Waals surface area contributed by atoms with Crippen LogP contribution in [0.1, 0.15) is 41.7 Å². The summed E-state index contributed by atoms with van der Waals surface area (Å²) < 4.78 is 13.0. The van der Waals surface area contributed by atoms with Crippen molar-refractivity contribution in [1.82, 2.24) is 10.6 Å². The Morgan fingerprint density at radius 1 is 1.11 bits per heavy atom. The number of nitrogens with zero attached hydrogens (tertiary/aromatic N) is 1.